The van der Waals surface area contributed by atoms with E-state index in [1.807, 2.05) is 0 Å². The predicted molar refractivity (Wildman–Crippen MR) is 17.6 cm³/mol. The Bertz CT molecular complexity index is 11.6. The average molecular weight is 442 g/mol. The molecular formula is Cl3DyYb. The first kappa shape index (κ1) is 11.5. The molecule has 45 valence electrons. The first-order valence-electron chi connectivity index (χ1n) is 0.359. The van der Waals surface area contributed by atoms with E-state index >= 15 is 0 Å². The number of hydrogen-bond acceptors (Lipinski definition) is 0. The Morgan fingerprint density at radius 2 is 1.00 bits per heavy atom. The average Bonchev–Trinajstić information content (AvgIpc) is 0.811. The summed E-state index contributed by atoms with van der Waals surface area (Å²) < 4.78 is 0. The van der Waals surface area contributed by atoms with Gasteiger partial charge in [-0.3, -0.25) is 0 Å². The molecule has 0 amide bonds. The van der Waals surface area contributed by atoms with Crippen LogP contribution in [0.5, 0.6) is 0 Å². The summed E-state index contributed by atoms with van der Waals surface area (Å²) in [4.78, 5) is 0. The normalized spacial score (nSPS) is 9.00. The van der Waals surface area contributed by atoms with E-state index in [-0.39, 0.29) is 46.9 Å². The van der Waals surface area contributed by atoms with Crippen molar-refractivity contribution in [2.24, 2.45) is 0 Å². The third-order valence-electron chi connectivity index (χ3n) is 0. The van der Waals surface area contributed by atoms with E-state index in [4.69, 9.17) is 18.9 Å². The van der Waals surface area contributed by atoms with E-state index in [0.29, 0.717) is 0 Å². The number of rotatable bonds is 0. The molecule has 0 rings (SSSR count). The van der Waals surface area contributed by atoms with E-state index in [2.05, 4.69) is 0 Å². The molecule has 0 saturated heterocycles. The second-order valence-electron chi connectivity index (χ2n) is 0.136. The van der Waals surface area contributed by atoms with Gasteiger partial charge in [-0.15, -0.1) is 0 Å². The SMILES string of the molecule is [Cl][Dy]([Cl])[Cl].[Yb]. The van der Waals surface area contributed by atoms with Crippen LogP contribution < -0.4 is 0 Å². The molecule has 0 radical (unpaired) electrons. The maximum atomic E-state index is 4.96. The van der Waals surface area contributed by atoms with Crippen LogP contribution in [-0.4, -0.2) is 0 Å². The van der Waals surface area contributed by atoms with Gasteiger partial charge < -0.3 is 0 Å². The molecule has 0 aliphatic carbocycles. The van der Waals surface area contributed by atoms with Crippen molar-refractivity contribution in [1.29, 1.82) is 0 Å². The zero-order chi connectivity index (χ0) is 3.58. The van der Waals surface area contributed by atoms with Gasteiger partial charge in [-0.1, -0.05) is 0 Å². The number of halogens is 3. The van der Waals surface area contributed by atoms with Crippen molar-refractivity contribution in [3.05, 3.63) is 0 Å². The van der Waals surface area contributed by atoms with E-state index < -0.39 is 27.7 Å². The van der Waals surface area contributed by atoms with Gasteiger partial charge in [0.2, 0.25) is 0 Å². The van der Waals surface area contributed by atoms with E-state index in [0.717, 1.165) is 0 Å². The summed E-state index contributed by atoms with van der Waals surface area (Å²) in [6.07, 6.45) is 14.9. The quantitative estimate of drug-likeness (QED) is 0.540. The van der Waals surface area contributed by atoms with Crippen LogP contribution in [0.3, 0.4) is 0 Å². The van der Waals surface area contributed by atoms with Crippen molar-refractivity contribution < 1.29 is 74.7 Å². The van der Waals surface area contributed by atoms with Crippen molar-refractivity contribution in [2.75, 3.05) is 0 Å². The maximum absolute atomic E-state index is 4.96. The van der Waals surface area contributed by atoms with Gasteiger partial charge in [-0.2, -0.15) is 0 Å². The van der Waals surface area contributed by atoms with Gasteiger partial charge in [0, 0.05) is 46.9 Å². The first-order valence-corrected chi connectivity index (χ1v) is 7.98. The second-order valence-corrected chi connectivity index (χ2v) is 9.05. The molecule has 0 N–H and O–H groups in total. The molecule has 5 heavy (non-hydrogen) atoms. The van der Waals surface area contributed by atoms with Crippen LogP contribution in [0, 0.1) is 74.7 Å². The molecule has 0 unspecified atom stereocenters. The summed E-state index contributed by atoms with van der Waals surface area (Å²) in [5.41, 5.74) is 0. The summed E-state index contributed by atoms with van der Waals surface area (Å²) in [5.74, 6) is 0. The Balaban J connectivity index is 0. The topological polar surface area (TPSA) is 0 Å². The Morgan fingerprint density at radius 1 is 1.00 bits per heavy atom. The van der Waals surface area contributed by atoms with E-state index in [1.165, 1.54) is 0 Å². The monoisotopic (exact) mass is 443 g/mol. The largest absolute Gasteiger partial charge is 0 e. The standard InChI is InChI=1S/3ClH.Dy.Yb/h3*1H;;/q;;;+3;/p-3. The molecular weight excluding hydrogens is 442 g/mol. The predicted octanol–water partition coefficient (Wildman–Crippen LogP) is 2.07. The van der Waals surface area contributed by atoms with Crippen molar-refractivity contribution >= 4 is 18.9 Å². The van der Waals surface area contributed by atoms with Gasteiger partial charge in [0.1, 0.15) is 0 Å². The third-order valence-corrected chi connectivity index (χ3v) is 0. The fourth-order valence-electron chi connectivity index (χ4n) is 0. The van der Waals surface area contributed by atoms with Gasteiger partial charge in [-0.05, 0) is 0 Å². The van der Waals surface area contributed by atoms with Crippen LogP contribution in [0.4, 0.5) is 0 Å². The van der Waals surface area contributed by atoms with Gasteiger partial charge in [0.05, 0.1) is 0 Å². The molecule has 0 heterocycles. The Labute approximate surface area is 90.4 Å². The van der Waals surface area contributed by atoms with Crippen LogP contribution in [0.15, 0.2) is 0 Å². The van der Waals surface area contributed by atoms with Gasteiger partial charge in [0.25, 0.3) is 0 Å². The van der Waals surface area contributed by atoms with Crippen molar-refractivity contribution in [1.82, 2.24) is 0 Å². The molecule has 0 aromatic heterocycles. The molecule has 0 nitrogen and oxygen atoms in total. The summed E-state index contributed by atoms with van der Waals surface area (Å²) in [6, 6.07) is 0. The summed E-state index contributed by atoms with van der Waals surface area (Å²) in [6.45, 7) is 0. The number of hydrogen-bond donors (Lipinski definition) is 0. The maximum Gasteiger partial charge on any atom is 0 e. The zero-order valence-corrected chi connectivity index (χ0v) is 7.73. The minimum atomic E-state index is -1.85. The molecule has 0 fully saturated rings. The zero-order valence-electron chi connectivity index (χ0n) is 1.72. The first-order chi connectivity index (χ1) is 1.73. The summed E-state index contributed by atoms with van der Waals surface area (Å²) >= 11 is -1.85. The molecule has 0 aromatic rings. The van der Waals surface area contributed by atoms with Gasteiger partial charge >= 0.3 is 46.7 Å². The minimum absolute atomic E-state index is 0. The summed E-state index contributed by atoms with van der Waals surface area (Å²) in [5, 5.41) is 0. The van der Waals surface area contributed by atoms with E-state index in [9.17, 15) is 0 Å². The fraction of sp³-hybridized carbons (Fsp3) is 0. The fourth-order valence-corrected chi connectivity index (χ4v) is 0. The van der Waals surface area contributed by atoms with Crippen molar-refractivity contribution in [2.45, 2.75) is 0 Å². The molecule has 0 atom stereocenters. The Morgan fingerprint density at radius 3 is 1.00 bits per heavy atom. The van der Waals surface area contributed by atoms with Crippen LogP contribution >= 0.6 is 18.9 Å². The van der Waals surface area contributed by atoms with Crippen molar-refractivity contribution in [3.8, 4) is 0 Å². The second kappa shape index (κ2) is 7.66. The Hall–Kier alpha value is 3.66. The van der Waals surface area contributed by atoms with Gasteiger partial charge in [0.15, 0.2) is 0 Å². The minimum Gasteiger partial charge on any atom is 0 e. The smallest absolute Gasteiger partial charge is 0 e. The Kier molecular flexibility index (Phi) is 17.6. The van der Waals surface area contributed by atoms with E-state index in [1.54, 1.807) is 0 Å². The van der Waals surface area contributed by atoms with Crippen molar-refractivity contribution in [3.63, 3.8) is 0 Å². The summed E-state index contributed by atoms with van der Waals surface area (Å²) in [7, 11) is 0. The van der Waals surface area contributed by atoms with Crippen LogP contribution in [0.25, 0.3) is 0 Å². The van der Waals surface area contributed by atoms with Crippen LogP contribution in [0.2, 0.25) is 0 Å². The third kappa shape index (κ3) is 18.3. The molecule has 5 heteroatoms. The molecule has 0 bridgehead atoms. The molecule has 0 aromatic carbocycles. The molecule has 0 aliphatic heterocycles. The van der Waals surface area contributed by atoms with Crippen LogP contribution in [-0.2, 0) is 0 Å². The molecule has 0 aliphatic rings. The van der Waals surface area contributed by atoms with Crippen LogP contribution in [0.1, 0.15) is 0 Å². The van der Waals surface area contributed by atoms with Gasteiger partial charge in [-0.25, -0.2) is 0 Å². The molecule has 0 spiro atoms. The molecule has 0 saturated carbocycles.